The molecule has 24 heavy (non-hydrogen) atoms. The van der Waals surface area contributed by atoms with E-state index >= 15 is 0 Å². The highest BCUT2D eigenvalue weighted by Gasteiger charge is 2.26. The van der Waals surface area contributed by atoms with E-state index in [1.165, 1.54) is 44.6 Å². The van der Waals surface area contributed by atoms with Crippen molar-refractivity contribution >= 4 is 11.9 Å². The Hall–Kier alpha value is -3.02. The van der Waals surface area contributed by atoms with Crippen molar-refractivity contribution in [2.24, 2.45) is 0 Å². The molecule has 0 unspecified atom stereocenters. The summed E-state index contributed by atoms with van der Waals surface area (Å²) in [5.41, 5.74) is 0.559. The number of fused-ring (bicyclic) bond motifs is 1. The minimum Gasteiger partial charge on any atom is -0.493 e. The van der Waals surface area contributed by atoms with Crippen molar-refractivity contribution in [3.05, 3.63) is 53.4 Å². The van der Waals surface area contributed by atoms with Gasteiger partial charge in [-0.15, -0.1) is 0 Å². The van der Waals surface area contributed by atoms with E-state index in [0.29, 0.717) is 28.6 Å². The minimum atomic E-state index is -0.567. The fraction of sp³-hybridized carbons (Fsp3) is 0.167. The summed E-state index contributed by atoms with van der Waals surface area (Å²) in [6.45, 7) is 0.0589. The Balaban J connectivity index is 1.98. The van der Waals surface area contributed by atoms with E-state index in [0.717, 1.165) is 0 Å². The van der Waals surface area contributed by atoms with Gasteiger partial charge in [-0.1, -0.05) is 12.1 Å². The van der Waals surface area contributed by atoms with Crippen LogP contribution in [0.5, 0.6) is 23.0 Å². The zero-order valence-corrected chi connectivity index (χ0v) is 13.2. The number of benzene rings is 2. The van der Waals surface area contributed by atoms with Gasteiger partial charge in [0.15, 0.2) is 17.3 Å². The topological polar surface area (TPSA) is 54.0 Å². The predicted molar refractivity (Wildman–Crippen MR) is 85.4 cm³/mol. The largest absolute Gasteiger partial charge is 0.493 e. The van der Waals surface area contributed by atoms with E-state index in [2.05, 4.69) is 0 Å². The first-order valence-corrected chi connectivity index (χ1v) is 7.17. The fourth-order valence-electron chi connectivity index (χ4n) is 2.44. The molecule has 6 heteroatoms. The van der Waals surface area contributed by atoms with Gasteiger partial charge in [0, 0.05) is 5.56 Å². The molecule has 1 aliphatic rings. The Kier molecular flexibility index (Phi) is 4.37. The average Bonchev–Trinajstić information content (AvgIpc) is 3.08. The third-order valence-corrected chi connectivity index (χ3v) is 3.57. The van der Waals surface area contributed by atoms with Crippen LogP contribution in [0.4, 0.5) is 4.39 Å². The van der Waals surface area contributed by atoms with Crippen LogP contribution in [0.2, 0.25) is 0 Å². The first kappa shape index (κ1) is 15.9. The van der Waals surface area contributed by atoms with Gasteiger partial charge in [-0.05, 0) is 30.4 Å². The number of hydrogen-bond acceptors (Lipinski definition) is 5. The van der Waals surface area contributed by atoms with E-state index in [-0.39, 0.29) is 12.4 Å². The first-order chi connectivity index (χ1) is 11.7. The van der Waals surface area contributed by atoms with Gasteiger partial charge < -0.3 is 18.9 Å². The molecule has 1 aliphatic heterocycles. The molecule has 0 aliphatic carbocycles. The fourth-order valence-corrected chi connectivity index (χ4v) is 2.44. The summed E-state index contributed by atoms with van der Waals surface area (Å²) in [7, 11) is 2.99. The summed E-state index contributed by atoms with van der Waals surface area (Å²) in [5.74, 6) is 0.720. The van der Waals surface area contributed by atoms with Gasteiger partial charge >= 0.3 is 0 Å². The Labute approximate surface area is 138 Å². The van der Waals surface area contributed by atoms with Crippen LogP contribution >= 0.6 is 0 Å². The number of allylic oxidation sites excluding steroid dienone is 1. The number of carbonyl (C=O) groups excluding carboxylic acids is 1. The second-order valence-electron chi connectivity index (χ2n) is 4.94. The molecule has 0 aromatic heterocycles. The monoisotopic (exact) mass is 330 g/mol. The molecule has 0 spiro atoms. The number of ketones is 1. The minimum absolute atomic E-state index is 0.000394. The Morgan fingerprint density at radius 2 is 1.92 bits per heavy atom. The maximum absolute atomic E-state index is 13.7. The Morgan fingerprint density at radius 1 is 1.17 bits per heavy atom. The van der Waals surface area contributed by atoms with Gasteiger partial charge in [-0.3, -0.25) is 4.79 Å². The smallest absolute Gasteiger partial charge is 0.231 e. The van der Waals surface area contributed by atoms with E-state index < -0.39 is 11.6 Å². The first-order valence-electron chi connectivity index (χ1n) is 7.17. The van der Waals surface area contributed by atoms with Crippen molar-refractivity contribution in [3.63, 3.8) is 0 Å². The molecule has 0 saturated heterocycles. The maximum atomic E-state index is 13.7. The molecule has 5 nitrogen and oxygen atoms in total. The van der Waals surface area contributed by atoms with Gasteiger partial charge in [0.1, 0.15) is 5.82 Å². The van der Waals surface area contributed by atoms with Crippen molar-refractivity contribution in [1.29, 1.82) is 0 Å². The van der Waals surface area contributed by atoms with Crippen LogP contribution in [-0.4, -0.2) is 26.8 Å². The van der Waals surface area contributed by atoms with Gasteiger partial charge in [-0.25, -0.2) is 4.39 Å². The number of methoxy groups -OCH3 is 2. The van der Waals surface area contributed by atoms with Crippen LogP contribution < -0.4 is 18.9 Å². The lowest BCUT2D eigenvalue weighted by Crippen LogP contribution is -1.98. The molecule has 0 fully saturated rings. The van der Waals surface area contributed by atoms with Crippen LogP contribution in [0.1, 0.15) is 15.9 Å². The third-order valence-electron chi connectivity index (χ3n) is 3.57. The molecule has 2 aromatic rings. The summed E-state index contributed by atoms with van der Waals surface area (Å²) < 4.78 is 35.1. The molecule has 0 N–H and O–H groups in total. The molecular weight excluding hydrogens is 315 g/mol. The summed E-state index contributed by atoms with van der Waals surface area (Å²) in [4.78, 5) is 12.2. The number of hydrogen-bond donors (Lipinski definition) is 0. The molecule has 0 saturated carbocycles. The SMILES string of the molecule is COc1cc(/C=C/C(=O)c2ccccc2F)c(OC)c2c1OCO2. The Bertz CT molecular complexity index is 813. The normalized spacial score (nSPS) is 12.5. The van der Waals surface area contributed by atoms with Crippen LogP contribution in [0.15, 0.2) is 36.4 Å². The predicted octanol–water partition coefficient (Wildman–Crippen LogP) is 3.47. The summed E-state index contributed by atoms with van der Waals surface area (Å²) in [6.07, 6.45) is 2.80. The van der Waals surface area contributed by atoms with E-state index in [1.807, 2.05) is 0 Å². The second-order valence-corrected chi connectivity index (χ2v) is 4.94. The van der Waals surface area contributed by atoms with Crippen molar-refractivity contribution in [1.82, 2.24) is 0 Å². The molecule has 0 amide bonds. The zero-order valence-electron chi connectivity index (χ0n) is 13.2. The summed E-state index contributed by atoms with van der Waals surface area (Å²) >= 11 is 0. The highest BCUT2D eigenvalue weighted by atomic mass is 19.1. The number of carbonyl (C=O) groups is 1. The van der Waals surface area contributed by atoms with E-state index in [4.69, 9.17) is 18.9 Å². The van der Waals surface area contributed by atoms with Crippen LogP contribution in [0, 0.1) is 5.82 Å². The standard InChI is InChI=1S/C18H15FO5/c1-21-15-9-11(16(22-2)18-17(15)23-10-24-18)7-8-14(20)12-5-3-4-6-13(12)19/h3-9H,10H2,1-2H3/b8-7+. The van der Waals surface area contributed by atoms with Crippen molar-refractivity contribution in [2.45, 2.75) is 0 Å². The Morgan fingerprint density at radius 3 is 2.62 bits per heavy atom. The van der Waals surface area contributed by atoms with Gasteiger partial charge in [-0.2, -0.15) is 0 Å². The zero-order chi connectivity index (χ0) is 17.1. The highest BCUT2D eigenvalue weighted by Crippen LogP contribution is 2.49. The van der Waals surface area contributed by atoms with Crippen molar-refractivity contribution in [3.8, 4) is 23.0 Å². The van der Waals surface area contributed by atoms with Crippen LogP contribution in [-0.2, 0) is 0 Å². The van der Waals surface area contributed by atoms with Crippen molar-refractivity contribution in [2.75, 3.05) is 21.0 Å². The molecule has 0 bridgehead atoms. The van der Waals surface area contributed by atoms with E-state index in [1.54, 1.807) is 12.1 Å². The molecule has 0 radical (unpaired) electrons. The lowest BCUT2D eigenvalue weighted by atomic mass is 10.1. The van der Waals surface area contributed by atoms with E-state index in [9.17, 15) is 9.18 Å². The van der Waals surface area contributed by atoms with Gasteiger partial charge in [0.25, 0.3) is 0 Å². The summed E-state index contributed by atoms with van der Waals surface area (Å²) in [6, 6.07) is 7.47. The average molecular weight is 330 g/mol. The lowest BCUT2D eigenvalue weighted by molar-refractivity contribution is 0.104. The van der Waals surface area contributed by atoms with Gasteiger partial charge in [0.05, 0.1) is 19.8 Å². The summed E-state index contributed by atoms with van der Waals surface area (Å²) in [5, 5.41) is 0. The third kappa shape index (κ3) is 2.78. The molecule has 1 heterocycles. The molecule has 3 rings (SSSR count). The molecular formula is C18H15FO5. The van der Waals surface area contributed by atoms with Gasteiger partial charge in [0.2, 0.25) is 18.3 Å². The lowest BCUT2D eigenvalue weighted by Gasteiger charge is -2.11. The number of halogens is 1. The van der Waals surface area contributed by atoms with Crippen LogP contribution in [0.3, 0.4) is 0 Å². The second kappa shape index (κ2) is 6.62. The molecule has 2 aromatic carbocycles. The molecule has 0 atom stereocenters. The van der Waals surface area contributed by atoms with Crippen molar-refractivity contribution < 1.29 is 28.1 Å². The number of ether oxygens (including phenoxy) is 4. The van der Waals surface area contributed by atoms with Crippen LogP contribution in [0.25, 0.3) is 6.08 Å². The quantitative estimate of drug-likeness (QED) is 0.621. The maximum Gasteiger partial charge on any atom is 0.231 e. The number of rotatable bonds is 5. The molecule has 124 valence electrons. The highest BCUT2D eigenvalue weighted by molar-refractivity contribution is 6.07.